The Bertz CT molecular complexity index is 535. The van der Waals surface area contributed by atoms with Crippen molar-refractivity contribution in [1.29, 1.82) is 0 Å². The van der Waals surface area contributed by atoms with Gasteiger partial charge in [0.2, 0.25) is 0 Å². The third-order valence-corrected chi connectivity index (χ3v) is 11.8. The first-order chi connectivity index (χ1) is 8.95. The van der Waals surface area contributed by atoms with Crippen LogP contribution in [0, 0.1) is 93.7 Å². The van der Waals surface area contributed by atoms with Crippen LogP contribution in [0.2, 0.25) is 0 Å². The molecule has 0 aliphatic heterocycles. The molecule has 0 heterocycles. The van der Waals surface area contributed by atoms with Crippen molar-refractivity contribution in [2.24, 2.45) is 93.7 Å². The minimum Gasteiger partial charge on any atom is -0.0464 e. The molecular weight excluding hydrogens is 216 g/mol. The highest BCUT2D eigenvalue weighted by atomic mass is 15.1. The first-order valence-corrected chi connectivity index (χ1v) is 8.95. The van der Waals surface area contributed by atoms with Crippen LogP contribution in [0.25, 0.3) is 0 Å². The van der Waals surface area contributed by atoms with Gasteiger partial charge in [-0.1, -0.05) is 0 Å². The maximum Gasteiger partial charge on any atom is -0.0130 e. The first kappa shape index (κ1) is 7.14. The molecule has 12 aliphatic carbocycles. The SMILES string of the molecule is C1[C@@H]2[C@@H]3C4[C@@H]3[C@H]1[C@H]1[C@H]2C41C12C3[C@@H]4[C@@H]5C[C@H]([C@H]34)[C@H]1[C@H]52. The Kier molecular flexibility index (Phi) is 0.550. The molecule has 0 N–H and O–H groups in total. The fourth-order valence-electron chi connectivity index (χ4n) is 13.0. The molecule has 4 unspecified atom stereocenters. The van der Waals surface area contributed by atoms with Crippen LogP contribution in [0.15, 0.2) is 0 Å². The van der Waals surface area contributed by atoms with Gasteiger partial charge in [0.25, 0.3) is 0 Å². The van der Waals surface area contributed by atoms with Crippen LogP contribution >= 0.6 is 0 Å². The maximum atomic E-state index is 1.72. The van der Waals surface area contributed by atoms with Crippen molar-refractivity contribution in [3.63, 3.8) is 0 Å². The van der Waals surface area contributed by atoms with E-state index >= 15 is 0 Å². The van der Waals surface area contributed by atoms with Crippen LogP contribution in [0.5, 0.6) is 0 Å². The van der Waals surface area contributed by atoms with E-state index in [2.05, 4.69) is 0 Å². The molecule has 0 heteroatoms. The van der Waals surface area contributed by atoms with E-state index in [-0.39, 0.29) is 0 Å². The second-order valence-electron chi connectivity index (χ2n) is 10.5. The molecule has 0 spiro atoms. The van der Waals surface area contributed by atoms with E-state index in [0.717, 1.165) is 10.8 Å². The molecule has 16 atom stereocenters. The molecular formula is C18H18. The van der Waals surface area contributed by atoms with Gasteiger partial charge in [-0.05, 0) is 107 Å². The average Bonchev–Trinajstić information content (AvgIpc) is 3.30. The summed E-state index contributed by atoms with van der Waals surface area (Å²) in [5, 5.41) is 0. The van der Waals surface area contributed by atoms with Crippen LogP contribution in [0.1, 0.15) is 12.8 Å². The van der Waals surface area contributed by atoms with Crippen molar-refractivity contribution >= 4 is 0 Å². The molecule has 0 aromatic carbocycles. The van der Waals surface area contributed by atoms with Gasteiger partial charge in [0.05, 0.1) is 0 Å². The van der Waals surface area contributed by atoms with E-state index in [1.807, 2.05) is 0 Å². The Labute approximate surface area is 107 Å². The summed E-state index contributed by atoms with van der Waals surface area (Å²) in [7, 11) is 0. The highest BCUT2D eigenvalue weighted by Gasteiger charge is 3.11. The summed E-state index contributed by atoms with van der Waals surface area (Å²) in [6, 6.07) is 0. The minimum atomic E-state index is 1.08. The molecule has 12 aliphatic rings. The molecule has 90 valence electrons. The van der Waals surface area contributed by atoms with Crippen molar-refractivity contribution in [3.8, 4) is 0 Å². The van der Waals surface area contributed by atoms with Gasteiger partial charge in [-0.2, -0.15) is 0 Å². The number of hydrogen-bond donors (Lipinski definition) is 0. The zero-order chi connectivity index (χ0) is 10.5. The topological polar surface area (TPSA) is 0 Å². The van der Waals surface area contributed by atoms with Crippen molar-refractivity contribution in [3.05, 3.63) is 0 Å². The van der Waals surface area contributed by atoms with E-state index in [4.69, 9.17) is 0 Å². The Morgan fingerprint density at radius 3 is 1.00 bits per heavy atom. The molecule has 0 radical (unpaired) electrons. The molecule has 0 aromatic heterocycles. The predicted molar refractivity (Wildman–Crippen MR) is 63.0 cm³/mol. The molecule has 0 saturated heterocycles. The van der Waals surface area contributed by atoms with Gasteiger partial charge in [-0.15, -0.1) is 0 Å². The lowest BCUT2D eigenvalue weighted by Crippen LogP contribution is -2.26. The van der Waals surface area contributed by atoms with E-state index in [1.54, 1.807) is 12.8 Å². The van der Waals surface area contributed by atoms with Gasteiger partial charge in [0.15, 0.2) is 0 Å². The monoisotopic (exact) mass is 234 g/mol. The quantitative estimate of drug-likeness (QED) is 0.654. The third-order valence-electron chi connectivity index (χ3n) is 11.8. The first-order valence-electron chi connectivity index (χ1n) is 8.95. The highest BCUT2D eigenvalue weighted by molar-refractivity contribution is 5.57. The molecule has 4 bridgehead atoms. The van der Waals surface area contributed by atoms with E-state index < -0.39 is 0 Å². The van der Waals surface area contributed by atoms with Crippen molar-refractivity contribution in [2.45, 2.75) is 12.8 Å². The Balaban J connectivity index is 1.36. The Morgan fingerprint density at radius 2 is 0.778 bits per heavy atom. The second-order valence-corrected chi connectivity index (χ2v) is 10.5. The molecule has 12 fully saturated rings. The zero-order valence-corrected chi connectivity index (χ0v) is 10.5. The van der Waals surface area contributed by atoms with Crippen molar-refractivity contribution in [1.82, 2.24) is 0 Å². The molecule has 12 saturated carbocycles. The lowest BCUT2D eigenvalue weighted by Gasteiger charge is -2.28. The van der Waals surface area contributed by atoms with E-state index in [9.17, 15) is 0 Å². The summed E-state index contributed by atoms with van der Waals surface area (Å²) in [5.41, 5.74) is 2.15. The average molecular weight is 234 g/mol. The summed E-state index contributed by atoms with van der Waals surface area (Å²) in [6.07, 6.45) is 3.44. The third kappa shape index (κ3) is 0.303. The minimum absolute atomic E-state index is 1.08. The van der Waals surface area contributed by atoms with Crippen LogP contribution in [-0.4, -0.2) is 0 Å². The van der Waals surface area contributed by atoms with Gasteiger partial charge < -0.3 is 0 Å². The largest absolute Gasteiger partial charge is 0.0464 e. The lowest BCUT2D eigenvalue weighted by atomic mass is 9.75. The van der Waals surface area contributed by atoms with Crippen molar-refractivity contribution in [2.75, 3.05) is 0 Å². The van der Waals surface area contributed by atoms with Crippen molar-refractivity contribution < 1.29 is 0 Å². The summed E-state index contributed by atoms with van der Waals surface area (Å²) in [4.78, 5) is 0. The van der Waals surface area contributed by atoms with Gasteiger partial charge in [-0.3, -0.25) is 0 Å². The summed E-state index contributed by atoms with van der Waals surface area (Å²) in [5.74, 6) is 18.6. The van der Waals surface area contributed by atoms with E-state index in [0.29, 0.717) is 0 Å². The summed E-state index contributed by atoms with van der Waals surface area (Å²) in [6.45, 7) is 0. The fourth-order valence-corrected chi connectivity index (χ4v) is 13.0. The number of rotatable bonds is 1. The Morgan fingerprint density at radius 1 is 0.444 bits per heavy atom. The van der Waals surface area contributed by atoms with Gasteiger partial charge in [-0.25, -0.2) is 0 Å². The summed E-state index contributed by atoms with van der Waals surface area (Å²) < 4.78 is 0. The molecule has 0 amide bonds. The molecule has 0 nitrogen and oxygen atoms in total. The second kappa shape index (κ2) is 1.39. The fraction of sp³-hybridized carbons (Fsp3) is 1.00. The molecule has 12 rings (SSSR count). The predicted octanol–water partition coefficient (Wildman–Crippen LogP) is 2.50. The molecule has 0 aromatic rings. The van der Waals surface area contributed by atoms with Gasteiger partial charge in [0, 0.05) is 0 Å². The van der Waals surface area contributed by atoms with Crippen LogP contribution in [0.3, 0.4) is 0 Å². The Hall–Kier alpha value is 0. The number of hydrogen-bond acceptors (Lipinski definition) is 0. The smallest absolute Gasteiger partial charge is 0.0130 e. The normalized spacial score (nSPS) is 108. The standard InChI is InChI=1S/C18H18/c1-3-7-8-4(1)12-11(3)17(12,15(7)8)18-13-5-2-6(14(13)18)10-9(5)16(10)18/h3-16H,1-2H2/t3-,4+,5-,6+,7+,8-,9+,10-,11-,12-,13-,14-,15?,16?,17?,18?/m0/s1. The highest BCUT2D eigenvalue weighted by Crippen LogP contribution is 3.14. The van der Waals surface area contributed by atoms with Crippen LogP contribution in [-0.2, 0) is 0 Å². The maximum absolute atomic E-state index is 1.72. The van der Waals surface area contributed by atoms with E-state index in [1.165, 1.54) is 82.9 Å². The summed E-state index contributed by atoms with van der Waals surface area (Å²) >= 11 is 0. The van der Waals surface area contributed by atoms with Gasteiger partial charge >= 0.3 is 0 Å². The van der Waals surface area contributed by atoms with Crippen LogP contribution < -0.4 is 0 Å². The van der Waals surface area contributed by atoms with Crippen LogP contribution in [0.4, 0.5) is 0 Å². The van der Waals surface area contributed by atoms with Gasteiger partial charge in [0.1, 0.15) is 0 Å². The zero-order valence-electron chi connectivity index (χ0n) is 10.5. The lowest BCUT2D eigenvalue weighted by molar-refractivity contribution is 0.172. The molecule has 18 heavy (non-hydrogen) atoms.